The topological polar surface area (TPSA) is 84.5 Å². The van der Waals surface area contributed by atoms with E-state index in [1.54, 1.807) is 18.2 Å². The van der Waals surface area contributed by atoms with E-state index in [0.29, 0.717) is 28.3 Å². The minimum absolute atomic E-state index is 0.100. The van der Waals surface area contributed by atoms with E-state index >= 15 is 0 Å². The number of ether oxygens (including phenoxy) is 1. The van der Waals surface area contributed by atoms with Crippen molar-refractivity contribution in [3.05, 3.63) is 58.6 Å². The molecule has 2 aromatic rings. The number of esters is 1. The number of halogens is 3. The molecule has 0 unspecified atom stereocenters. The van der Waals surface area contributed by atoms with E-state index in [4.69, 9.17) is 11.6 Å². The molecule has 0 saturated heterocycles. The van der Waals surface area contributed by atoms with Crippen LogP contribution in [0.4, 0.5) is 14.5 Å². The summed E-state index contributed by atoms with van der Waals surface area (Å²) in [7, 11) is 1.30. The van der Waals surface area contributed by atoms with E-state index in [1.807, 2.05) is 0 Å². The van der Waals surface area contributed by atoms with Crippen molar-refractivity contribution in [1.29, 1.82) is 0 Å². The molecule has 170 valence electrons. The molecule has 1 fully saturated rings. The lowest BCUT2D eigenvalue weighted by Crippen LogP contribution is -2.40. The summed E-state index contributed by atoms with van der Waals surface area (Å²) in [6, 6.07) is 7.88. The maximum atomic E-state index is 13.4. The zero-order valence-corrected chi connectivity index (χ0v) is 18.7. The Hall–Kier alpha value is -2.65. The molecule has 0 spiro atoms. The van der Waals surface area contributed by atoms with Gasteiger partial charge >= 0.3 is 5.97 Å². The number of rotatable bonds is 8. The van der Waals surface area contributed by atoms with Crippen LogP contribution in [-0.2, 0) is 14.3 Å². The minimum atomic E-state index is -1.05. The Balaban J connectivity index is 1.53. The molecule has 1 aliphatic carbocycles. The Morgan fingerprint density at radius 1 is 1.12 bits per heavy atom. The molecule has 0 bridgehead atoms. The average molecular weight is 483 g/mol. The van der Waals surface area contributed by atoms with Gasteiger partial charge in [-0.3, -0.25) is 14.4 Å². The van der Waals surface area contributed by atoms with Crippen LogP contribution in [0.2, 0.25) is 5.02 Å². The molecule has 3 rings (SSSR count). The number of hydrogen-bond acceptors (Lipinski definition) is 5. The third-order valence-electron chi connectivity index (χ3n) is 4.99. The molecule has 32 heavy (non-hydrogen) atoms. The van der Waals surface area contributed by atoms with Crippen molar-refractivity contribution < 1.29 is 27.9 Å². The molecule has 1 saturated carbocycles. The molecule has 0 heterocycles. The van der Waals surface area contributed by atoms with Crippen molar-refractivity contribution in [3.8, 4) is 0 Å². The summed E-state index contributed by atoms with van der Waals surface area (Å²) < 4.78 is 30.9. The van der Waals surface area contributed by atoms with Gasteiger partial charge in [0.15, 0.2) is 11.6 Å². The van der Waals surface area contributed by atoms with Gasteiger partial charge in [0.2, 0.25) is 5.91 Å². The van der Waals surface area contributed by atoms with Crippen LogP contribution in [0.25, 0.3) is 0 Å². The lowest BCUT2D eigenvalue weighted by molar-refractivity contribution is -0.140. The normalized spacial score (nSPS) is 17.2. The Morgan fingerprint density at radius 3 is 2.56 bits per heavy atom. The van der Waals surface area contributed by atoms with E-state index in [2.05, 4.69) is 15.4 Å². The van der Waals surface area contributed by atoms with Crippen LogP contribution in [0.15, 0.2) is 41.3 Å². The number of carbonyl (C=O) groups excluding carboxylic acids is 3. The minimum Gasteiger partial charge on any atom is -0.469 e. The van der Waals surface area contributed by atoms with Gasteiger partial charge in [-0.05, 0) is 43.2 Å². The summed E-state index contributed by atoms with van der Waals surface area (Å²) >= 11 is 7.75. The SMILES string of the molecule is COC(=O)CCNC(=O)C1CC(Sc2cc(C(=O)Nc3ccc(F)c(F)c3)ccc2Cl)C1. The van der Waals surface area contributed by atoms with Crippen molar-refractivity contribution in [2.45, 2.75) is 29.4 Å². The first kappa shape index (κ1) is 24.0. The number of amides is 2. The lowest BCUT2D eigenvalue weighted by Gasteiger charge is -2.33. The Bertz CT molecular complexity index is 1030. The fourth-order valence-corrected chi connectivity index (χ4v) is 4.74. The predicted octanol–water partition coefficient (Wildman–Crippen LogP) is 4.42. The summed E-state index contributed by atoms with van der Waals surface area (Å²) in [5.41, 5.74) is 0.455. The second-order valence-corrected chi connectivity index (χ2v) is 9.00. The first-order valence-corrected chi connectivity index (χ1v) is 11.1. The summed E-state index contributed by atoms with van der Waals surface area (Å²) in [4.78, 5) is 36.4. The second-order valence-electron chi connectivity index (χ2n) is 7.25. The zero-order chi connectivity index (χ0) is 23.3. The zero-order valence-electron chi connectivity index (χ0n) is 17.1. The monoisotopic (exact) mass is 482 g/mol. The van der Waals surface area contributed by atoms with E-state index < -0.39 is 17.5 Å². The second kappa shape index (κ2) is 10.8. The standard InChI is InChI=1S/C22H21ClF2N2O4S/c1-31-20(28)6-7-26-21(29)13-8-15(9-13)32-19-10-12(2-4-16(19)23)22(30)27-14-3-5-17(24)18(25)11-14/h2-5,10-11,13,15H,6-9H2,1H3,(H,26,29)(H,27,30). The van der Waals surface area contributed by atoms with Crippen molar-refractivity contribution in [1.82, 2.24) is 5.32 Å². The third kappa shape index (κ3) is 6.20. The van der Waals surface area contributed by atoms with Gasteiger partial charge in [0.25, 0.3) is 5.91 Å². The summed E-state index contributed by atoms with van der Waals surface area (Å²) in [6.45, 7) is 0.237. The third-order valence-corrected chi connectivity index (χ3v) is 6.74. The van der Waals surface area contributed by atoms with Crippen LogP contribution >= 0.6 is 23.4 Å². The van der Waals surface area contributed by atoms with E-state index in [-0.39, 0.29) is 41.7 Å². The molecular formula is C22H21ClF2N2O4S. The smallest absolute Gasteiger partial charge is 0.307 e. The van der Waals surface area contributed by atoms with Crippen LogP contribution < -0.4 is 10.6 Å². The fourth-order valence-electron chi connectivity index (χ4n) is 3.10. The molecule has 1 aliphatic rings. The maximum Gasteiger partial charge on any atom is 0.307 e. The van der Waals surface area contributed by atoms with Crippen LogP contribution in [0.3, 0.4) is 0 Å². The van der Waals surface area contributed by atoms with Gasteiger partial charge in [-0.2, -0.15) is 0 Å². The van der Waals surface area contributed by atoms with Crippen molar-refractivity contribution in [2.24, 2.45) is 5.92 Å². The van der Waals surface area contributed by atoms with Crippen LogP contribution in [0.1, 0.15) is 29.6 Å². The highest BCUT2D eigenvalue weighted by Gasteiger charge is 2.35. The van der Waals surface area contributed by atoms with Crippen molar-refractivity contribution in [2.75, 3.05) is 19.0 Å². The van der Waals surface area contributed by atoms with Gasteiger partial charge in [0, 0.05) is 39.9 Å². The van der Waals surface area contributed by atoms with Gasteiger partial charge in [-0.15, -0.1) is 11.8 Å². The highest BCUT2D eigenvalue weighted by atomic mass is 35.5. The van der Waals surface area contributed by atoms with Gasteiger partial charge in [-0.25, -0.2) is 8.78 Å². The molecule has 2 aromatic carbocycles. The lowest BCUT2D eigenvalue weighted by atomic mass is 9.84. The molecule has 0 aliphatic heterocycles. The quantitative estimate of drug-likeness (QED) is 0.544. The van der Waals surface area contributed by atoms with Crippen LogP contribution in [0, 0.1) is 17.6 Å². The maximum absolute atomic E-state index is 13.4. The number of methoxy groups -OCH3 is 1. The first-order chi connectivity index (χ1) is 15.3. The molecule has 2 N–H and O–H groups in total. The molecule has 10 heteroatoms. The average Bonchev–Trinajstić information content (AvgIpc) is 2.73. The Morgan fingerprint density at radius 2 is 1.88 bits per heavy atom. The summed E-state index contributed by atoms with van der Waals surface area (Å²) in [6.07, 6.45) is 1.43. The molecule has 0 atom stereocenters. The number of anilines is 1. The molecule has 6 nitrogen and oxygen atoms in total. The number of carbonyl (C=O) groups is 3. The van der Waals surface area contributed by atoms with E-state index in [0.717, 1.165) is 12.1 Å². The van der Waals surface area contributed by atoms with Crippen molar-refractivity contribution >= 4 is 46.8 Å². The number of hydrogen-bond donors (Lipinski definition) is 2. The summed E-state index contributed by atoms with van der Waals surface area (Å²) in [5.74, 6) is -3.14. The Kier molecular flexibility index (Phi) is 8.09. The highest BCUT2D eigenvalue weighted by molar-refractivity contribution is 8.00. The molecule has 2 amide bonds. The van der Waals surface area contributed by atoms with Gasteiger partial charge in [0.05, 0.1) is 18.6 Å². The first-order valence-electron chi connectivity index (χ1n) is 9.84. The largest absolute Gasteiger partial charge is 0.469 e. The van der Waals surface area contributed by atoms with Gasteiger partial charge in [0.1, 0.15) is 0 Å². The number of nitrogens with one attached hydrogen (secondary N) is 2. The van der Waals surface area contributed by atoms with E-state index in [1.165, 1.54) is 24.9 Å². The summed E-state index contributed by atoms with van der Waals surface area (Å²) in [5, 5.41) is 5.88. The highest BCUT2D eigenvalue weighted by Crippen LogP contribution is 2.43. The molecule has 0 aromatic heterocycles. The van der Waals surface area contributed by atoms with Crippen molar-refractivity contribution in [3.63, 3.8) is 0 Å². The van der Waals surface area contributed by atoms with Crippen LogP contribution in [0.5, 0.6) is 0 Å². The number of benzene rings is 2. The van der Waals surface area contributed by atoms with Crippen LogP contribution in [-0.4, -0.2) is 36.7 Å². The number of thioether (sulfide) groups is 1. The van der Waals surface area contributed by atoms with Gasteiger partial charge in [-0.1, -0.05) is 11.6 Å². The van der Waals surface area contributed by atoms with Gasteiger partial charge < -0.3 is 15.4 Å². The van der Waals surface area contributed by atoms with E-state index in [9.17, 15) is 23.2 Å². The predicted molar refractivity (Wildman–Crippen MR) is 118 cm³/mol. The molecular weight excluding hydrogens is 462 g/mol. The Labute approximate surface area is 193 Å². The molecule has 0 radical (unpaired) electrons. The fraction of sp³-hybridized carbons (Fsp3) is 0.318.